The highest BCUT2D eigenvalue weighted by molar-refractivity contribution is 6.01. The lowest BCUT2D eigenvalue weighted by molar-refractivity contribution is -0.154. The average molecular weight is 318 g/mol. The molecule has 0 radical (unpaired) electrons. The van der Waals surface area contributed by atoms with Gasteiger partial charge in [0.25, 0.3) is 5.91 Å². The lowest BCUT2D eigenvalue weighted by Gasteiger charge is -2.32. The van der Waals surface area contributed by atoms with Crippen molar-refractivity contribution in [2.75, 3.05) is 18.5 Å². The number of hydrogen-bond acceptors (Lipinski definition) is 4. The van der Waals surface area contributed by atoms with E-state index >= 15 is 0 Å². The molecule has 1 saturated heterocycles. The third-order valence-corrected chi connectivity index (χ3v) is 4.18. The van der Waals surface area contributed by atoms with Gasteiger partial charge in [0, 0.05) is 18.5 Å². The predicted molar refractivity (Wildman–Crippen MR) is 85.1 cm³/mol. The number of benzene rings is 1. The van der Waals surface area contributed by atoms with E-state index in [1.165, 1.54) is 0 Å². The van der Waals surface area contributed by atoms with Crippen LogP contribution in [0.5, 0.6) is 0 Å². The highest BCUT2D eigenvalue weighted by atomic mass is 16.6. The molecule has 2 N–H and O–H groups in total. The van der Waals surface area contributed by atoms with Crippen molar-refractivity contribution >= 4 is 17.5 Å². The van der Waals surface area contributed by atoms with Gasteiger partial charge in [-0.15, -0.1) is 0 Å². The molecular weight excluding hydrogens is 296 g/mol. The number of ether oxygens (including phenoxy) is 2. The van der Waals surface area contributed by atoms with Crippen LogP contribution in [0.25, 0.3) is 0 Å². The van der Waals surface area contributed by atoms with Crippen LogP contribution >= 0.6 is 0 Å². The summed E-state index contributed by atoms with van der Waals surface area (Å²) >= 11 is 0. The van der Waals surface area contributed by atoms with E-state index in [0.29, 0.717) is 19.4 Å². The summed E-state index contributed by atoms with van der Waals surface area (Å²) in [7, 11) is 0. The molecule has 2 aliphatic rings. The van der Waals surface area contributed by atoms with Gasteiger partial charge in [-0.05, 0) is 25.5 Å². The van der Waals surface area contributed by atoms with Gasteiger partial charge >= 0.3 is 0 Å². The molecule has 2 amide bonds. The zero-order chi connectivity index (χ0) is 16.4. The van der Waals surface area contributed by atoms with Gasteiger partial charge in [0.2, 0.25) is 5.91 Å². The summed E-state index contributed by atoms with van der Waals surface area (Å²) in [6.45, 7) is 4.48. The first-order valence-corrected chi connectivity index (χ1v) is 7.95. The minimum atomic E-state index is -0.995. The van der Waals surface area contributed by atoms with Gasteiger partial charge in [0.15, 0.2) is 5.60 Å². The van der Waals surface area contributed by atoms with Crippen molar-refractivity contribution in [3.05, 3.63) is 29.8 Å². The molecule has 124 valence electrons. The van der Waals surface area contributed by atoms with E-state index < -0.39 is 11.6 Å². The second kappa shape index (κ2) is 6.29. The largest absolute Gasteiger partial charge is 0.378 e. The molecule has 0 aliphatic carbocycles. The van der Waals surface area contributed by atoms with Crippen LogP contribution in [0, 0.1) is 0 Å². The molecule has 6 nitrogen and oxygen atoms in total. The van der Waals surface area contributed by atoms with Crippen LogP contribution in [-0.2, 0) is 25.5 Å². The Balaban J connectivity index is 1.73. The Kier molecular flexibility index (Phi) is 4.37. The lowest BCUT2D eigenvalue weighted by Crippen LogP contribution is -2.57. The van der Waals surface area contributed by atoms with Gasteiger partial charge in [-0.25, -0.2) is 0 Å². The molecule has 1 aromatic carbocycles. The van der Waals surface area contributed by atoms with Gasteiger partial charge in [0.05, 0.1) is 19.3 Å². The Bertz CT molecular complexity index is 608. The highest BCUT2D eigenvalue weighted by Gasteiger charge is 2.45. The van der Waals surface area contributed by atoms with Gasteiger partial charge in [-0.2, -0.15) is 0 Å². The monoisotopic (exact) mass is 318 g/mol. The summed E-state index contributed by atoms with van der Waals surface area (Å²) in [5, 5.41) is 5.68. The van der Waals surface area contributed by atoms with Crippen LogP contribution in [0.4, 0.5) is 5.69 Å². The summed E-state index contributed by atoms with van der Waals surface area (Å²) < 4.78 is 11.2. The molecule has 2 heterocycles. The first-order chi connectivity index (χ1) is 11.0. The number of amides is 2. The molecule has 6 heteroatoms. The van der Waals surface area contributed by atoms with Gasteiger partial charge in [-0.3, -0.25) is 9.59 Å². The van der Waals surface area contributed by atoms with Crippen LogP contribution in [-0.4, -0.2) is 42.8 Å². The van der Waals surface area contributed by atoms with Crippen molar-refractivity contribution in [3.8, 4) is 0 Å². The molecule has 1 fully saturated rings. The fraction of sp³-hybridized carbons (Fsp3) is 0.529. The minimum Gasteiger partial charge on any atom is -0.378 e. The smallest absolute Gasteiger partial charge is 0.255 e. The average Bonchev–Trinajstić information content (AvgIpc) is 2.97. The third kappa shape index (κ3) is 3.23. The maximum Gasteiger partial charge on any atom is 0.255 e. The molecule has 2 unspecified atom stereocenters. The summed E-state index contributed by atoms with van der Waals surface area (Å²) in [4.78, 5) is 25.0. The number of rotatable bonds is 4. The molecule has 23 heavy (non-hydrogen) atoms. The van der Waals surface area contributed by atoms with Crippen LogP contribution in [0.1, 0.15) is 25.8 Å². The van der Waals surface area contributed by atoms with Crippen molar-refractivity contribution in [3.63, 3.8) is 0 Å². The first kappa shape index (κ1) is 16.0. The normalized spacial score (nSPS) is 26.7. The summed E-state index contributed by atoms with van der Waals surface area (Å²) in [5.41, 5.74) is 0.824. The second-order valence-electron chi connectivity index (χ2n) is 6.34. The number of carbonyl (C=O) groups is 2. The first-order valence-electron chi connectivity index (χ1n) is 7.95. The van der Waals surface area contributed by atoms with E-state index in [9.17, 15) is 9.59 Å². The predicted octanol–water partition coefficient (Wildman–Crippen LogP) is 1.25. The van der Waals surface area contributed by atoms with E-state index in [1.807, 2.05) is 38.1 Å². The van der Waals surface area contributed by atoms with Crippen molar-refractivity contribution in [2.24, 2.45) is 0 Å². The molecular formula is C17H22N2O4. The summed E-state index contributed by atoms with van der Waals surface area (Å²) in [6.07, 6.45) is 0.886. The zero-order valence-corrected chi connectivity index (χ0v) is 13.4. The molecule has 0 spiro atoms. The zero-order valence-electron chi connectivity index (χ0n) is 13.4. The Labute approximate surface area is 135 Å². The molecule has 0 aromatic heterocycles. The van der Waals surface area contributed by atoms with E-state index in [1.54, 1.807) is 0 Å². The molecule has 1 aromatic rings. The van der Waals surface area contributed by atoms with Crippen molar-refractivity contribution < 1.29 is 19.1 Å². The molecule has 2 aliphatic heterocycles. The van der Waals surface area contributed by atoms with E-state index in [-0.39, 0.29) is 24.5 Å². The van der Waals surface area contributed by atoms with Crippen LogP contribution in [0.15, 0.2) is 24.3 Å². The maximum atomic E-state index is 12.7. The lowest BCUT2D eigenvalue weighted by atomic mass is 9.96. The van der Waals surface area contributed by atoms with Crippen LogP contribution in [0.2, 0.25) is 0 Å². The molecule has 3 rings (SSSR count). The Morgan fingerprint density at radius 2 is 2.22 bits per heavy atom. The van der Waals surface area contributed by atoms with Gasteiger partial charge in [-0.1, -0.05) is 18.2 Å². The third-order valence-electron chi connectivity index (χ3n) is 4.18. The number of para-hydroxylation sites is 1. The number of nitrogens with one attached hydrogen (secondary N) is 2. The Morgan fingerprint density at radius 1 is 1.43 bits per heavy atom. The number of anilines is 1. The Hall–Kier alpha value is -1.92. The molecule has 0 bridgehead atoms. The number of carbonyl (C=O) groups excluding carboxylic acids is 2. The molecule has 0 saturated carbocycles. The number of hydrogen-bond donors (Lipinski definition) is 2. The molecule has 2 atom stereocenters. The SMILES string of the molecule is CC(C)OC1(C(=O)NC2Cc3ccccc3NC2=O)CCOC1. The van der Waals surface area contributed by atoms with E-state index in [0.717, 1.165) is 11.3 Å². The van der Waals surface area contributed by atoms with Crippen LogP contribution < -0.4 is 10.6 Å². The van der Waals surface area contributed by atoms with Gasteiger partial charge in [0.1, 0.15) is 6.04 Å². The maximum absolute atomic E-state index is 12.7. The summed E-state index contributed by atoms with van der Waals surface area (Å²) in [5.74, 6) is -0.473. The number of fused-ring (bicyclic) bond motifs is 1. The van der Waals surface area contributed by atoms with Crippen LogP contribution in [0.3, 0.4) is 0 Å². The van der Waals surface area contributed by atoms with Crippen molar-refractivity contribution in [1.29, 1.82) is 0 Å². The van der Waals surface area contributed by atoms with Crippen molar-refractivity contribution in [2.45, 2.75) is 44.4 Å². The summed E-state index contributed by atoms with van der Waals surface area (Å²) in [6, 6.07) is 7.01. The Morgan fingerprint density at radius 3 is 2.91 bits per heavy atom. The fourth-order valence-corrected chi connectivity index (χ4v) is 3.08. The van der Waals surface area contributed by atoms with E-state index in [4.69, 9.17) is 9.47 Å². The second-order valence-corrected chi connectivity index (χ2v) is 6.34. The van der Waals surface area contributed by atoms with Gasteiger partial charge < -0.3 is 20.1 Å². The fourth-order valence-electron chi connectivity index (χ4n) is 3.08. The highest BCUT2D eigenvalue weighted by Crippen LogP contribution is 2.27. The minimum absolute atomic E-state index is 0.0941. The quantitative estimate of drug-likeness (QED) is 0.876. The topological polar surface area (TPSA) is 76.7 Å². The van der Waals surface area contributed by atoms with E-state index in [2.05, 4.69) is 10.6 Å². The van der Waals surface area contributed by atoms with Crippen molar-refractivity contribution in [1.82, 2.24) is 5.32 Å². The standard InChI is InChI=1S/C17H22N2O4/c1-11(2)23-17(7-8-22-10-17)16(21)19-14-9-12-5-3-4-6-13(12)18-15(14)20/h3-6,11,14H,7-10H2,1-2H3,(H,18,20)(H,19,21).